The Balaban J connectivity index is 0.00000240. The van der Waals surface area contributed by atoms with Crippen LogP contribution in [-0.2, 0) is 0 Å². The average Bonchev–Trinajstić information content (AvgIpc) is 3.39. The summed E-state index contributed by atoms with van der Waals surface area (Å²) in [5.41, 5.74) is 9.84. The van der Waals surface area contributed by atoms with Crippen LogP contribution in [0.5, 0.6) is 0 Å². The fraction of sp³-hybridized carbons (Fsp3) is 0.364. The fourth-order valence-electron chi connectivity index (χ4n) is 4.31. The summed E-state index contributed by atoms with van der Waals surface area (Å²) in [6.45, 7) is 7.74. The van der Waals surface area contributed by atoms with E-state index in [1.807, 2.05) is 60.6 Å². The zero-order valence-corrected chi connectivity index (χ0v) is 17.8. The first-order valence-corrected chi connectivity index (χ1v) is 9.66. The minimum atomic E-state index is 0. The molecule has 1 fully saturated rings. The van der Waals surface area contributed by atoms with Crippen LogP contribution in [0.3, 0.4) is 0 Å². The molecule has 29 heavy (non-hydrogen) atoms. The van der Waals surface area contributed by atoms with Crippen molar-refractivity contribution in [1.82, 2.24) is 14.6 Å². The molecule has 0 bridgehead atoms. The predicted octanol–water partition coefficient (Wildman–Crippen LogP) is 3.63. The Morgan fingerprint density at radius 1 is 1.17 bits per heavy atom. The maximum atomic E-state index is 13.3. The third-order valence-corrected chi connectivity index (χ3v) is 5.76. The average molecular weight is 415 g/mol. The monoisotopic (exact) mass is 414 g/mol. The molecule has 1 aliphatic heterocycles. The molecule has 0 spiro atoms. The number of aromatic nitrogens is 2. The van der Waals surface area contributed by atoms with Crippen LogP contribution < -0.4 is 5.73 Å². The summed E-state index contributed by atoms with van der Waals surface area (Å²) in [5, 5.41) is 4.10. The van der Waals surface area contributed by atoms with Gasteiger partial charge in [-0.15, -0.1) is 12.4 Å². The van der Waals surface area contributed by atoms with Gasteiger partial charge in [0, 0.05) is 36.5 Å². The SMILES string of the molecule is Cc1cc(-n2c(C)cc(C(=O)N3C[C@@H](CN)[C@H](c4ccccc4)C3)c2C)no1.Cl. The summed E-state index contributed by atoms with van der Waals surface area (Å²) in [5.74, 6) is 2.04. The Hall–Kier alpha value is -2.57. The normalized spacial score (nSPS) is 18.7. The van der Waals surface area contributed by atoms with E-state index in [0.717, 1.165) is 17.1 Å². The van der Waals surface area contributed by atoms with Gasteiger partial charge in [-0.25, -0.2) is 0 Å². The second-order valence-corrected chi connectivity index (χ2v) is 7.64. The smallest absolute Gasteiger partial charge is 0.255 e. The number of hydrogen-bond donors (Lipinski definition) is 1. The number of halogens is 1. The van der Waals surface area contributed by atoms with Crippen LogP contribution >= 0.6 is 12.4 Å². The van der Waals surface area contributed by atoms with Crippen molar-refractivity contribution in [3.05, 3.63) is 70.7 Å². The first kappa shape index (κ1) is 21.1. The summed E-state index contributed by atoms with van der Waals surface area (Å²) in [7, 11) is 0. The van der Waals surface area contributed by atoms with Gasteiger partial charge in [0.2, 0.25) is 0 Å². The molecular weight excluding hydrogens is 388 g/mol. The lowest BCUT2D eigenvalue weighted by Crippen LogP contribution is -2.30. The Kier molecular flexibility index (Phi) is 6.15. The predicted molar refractivity (Wildman–Crippen MR) is 115 cm³/mol. The molecule has 0 radical (unpaired) electrons. The largest absolute Gasteiger partial charge is 0.360 e. The molecule has 1 saturated heterocycles. The van der Waals surface area contributed by atoms with Crippen molar-refractivity contribution in [3.63, 3.8) is 0 Å². The second-order valence-electron chi connectivity index (χ2n) is 7.64. The van der Waals surface area contributed by atoms with Crippen LogP contribution in [0.25, 0.3) is 5.82 Å². The molecule has 4 rings (SSSR count). The van der Waals surface area contributed by atoms with Crippen LogP contribution in [0.2, 0.25) is 0 Å². The molecule has 1 amide bonds. The van der Waals surface area contributed by atoms with E-state index in [1.54, 1.807) is 0 Å². The quantitative estimate of drug-likeness (QED) is 0.707. The lowest BCUT2D eigenvalue weighted by molar-refractivity contribution is 0.0785. The van der Waals surface area contributed by atoms with Crippen molar-refractivity contribution in [2.24, 2.45) is 11.7 Å². The Morgan fingerprint density at radius 2 is 1.90 bits per heavy atom. The van der Waals surface area contributed by atoms with Crippen molar-refractivity contribution in [3.8, 4) is 5.82 Å². The van der Waals surface area contributed by atoms with E-state index in [4.69, 9.17) is 10.3 Å². The number of nitrogens with zero attached hydrogens (tertiary/aromatic N) is 3. The fourth-order valence-corrected chi connectivity index (χ4v) is 4.31. The minimum Gasteiger partial charge on any atom is -0.360 e. The number of benzene rings is 1. The molecule has 0 saturated carbocycles. The third kappa shape index (κ3) is 3.82. The summed E-state index contributed by atoms with van der Waals surface area (Å²) in [4.78, 5) is 15.3. The van der Waals surface area contributed by atoms with Gasteiger partial charge in [-0.2, -0.15) is 0 Å². The van der Waals surface area contributed by atoms with Crippen molar-refractivity contribution in [2.45, 2.75) is 26.7 Å². The van der Waals surface area contributed by atoms with Gasteiger partial charge in [-0.05, 0) is 44.9 Å². The molecule has 3 heterocycles. The summed E-state index contributed by atoms with van der Waals surface area (Å²) < 4.78 is 7.18. The molecule has 2 N–H and O–H groups in total. The molecule has 3 aromatic rings. The number of carbonyl (C=O) groups excluding carboxylic acids is 1. The number of rotatable bonds is 4. The van der Waals surface area contributed by atoms with E-state index in [9.17, 15) is 4.79 Å². The minimum absolute atomic E-state index is 0. The standard InChI is InChI=1S/C22H26N4O2.ClH/c1-14-9-19(16(3)26(14)21-10-15(2)28-24-21)22(27)25-12-18(11-23)20(13-25)17-7-5-4-6-8-17;/h4-10,18,20H,11-13,23H2,1-3H3;1H/t18-,20+;/m1./s1. The Labute approximate surface area is 177 Å². The van der Waals surface area contributed by atoms with Gasteiger partial charge < -0.3 is 15.2 Å². The molecule has 2 atom stereocenters. The van der Waals surface area contributed by atoms with Crippen LogP contribution in [0.4, 0.5) is 0 Å². The molecule has 7 heteroatoms. The zero-order valence-electron chi connectivity index (χ0n) is 17.0. The van der Waals surface area contributed by atoms with Crippen molar-refractivity contribution in [2.75, 3.05) is 19.6 Å². The molecule has 1 aromatic carbocycles. The van der Waals surface area contributed by atoms with Gasteiger partial charge in [0.05, 0.1) is 5.56 Å². The van der Waals surface area contributed by atoms with E-state index in [2.05, 4.69) is 17.3 Å². The van der Waals surface area contributed by atoms with E-state index >= 15 is 0 Å². The maximum Gasteiger partial charge on any atom is 0.255 e. The topological polar surface area (TPSA) is 77.3 Å². The van der Waals surface area contributed by atoms with Crippen LogP contribution in [0.15, 0.2) is 47.0 Å². The molecule has 1 aliphatic rings. The van der Waals surface area contributed by atoms with Crippen molar-refractivity contribution >= 4 is 18.3 Å². The Morgan fingerprint density at radius 3 is 2.52 bits per heavy atom. The first-order chi connectivity index (χ1) is 13.5. The van der Waals surface area contributed by atoms with E-state index in [1.165, 1.54) is 5.56 Å². The van der Waals surface area contributed by atoms with Gasteiger partial charge in [-0.3, -0.25) is 9.36 Å². The van der Waals surface area contributed by atoms with Crippen molar-refractivity contribution < 1.29 is 9.32 Å². The van der Waals surface area contributed by atoms with Gasteiger partial charge in [0.25, 0.3) is 5.91 Å². The summed E-state index contributed by atoms with van der Waals surface area (Å²) in [6.07, 6.45) is 0. The first-order valence-electron chi connectivity index (χ1n) is 9.66. The molecule has 2 aromatic heterocycles. The number of aryl methyl sites for hydroxylation is 2. The molecule has 154 valence electrons. The lowest BCUT2D eigenvalue weighted by Gasteiger charge is -2.17. The van der Waals surface area contributed by atoms with Gasteiger partial charge in [0.1, 0.15) is 5.76 Å². The zero-order chi connectivity index (χ0) is 19.8. The molecule has 0 unspecified atom stereocenters. The number of nitrogens with two attached hydrogens (primary N) is 1. The third-order valence-electron chi connectivity index (χ3n) is 5.76. The van der Waals surface area contributed by atoms with E-state index in [-0.39, 0.29) is 30.2 Å². The summed E-state index contributed by atoms with van der Waals surface area (Å²) >= 11 is 0. The Bertz CT molecular complexity index is 996. The van der Waals surface area contributed by atoms with Gasteiger partial charge in [0.15, 0.2) is 5.82 Å². The lowest BCUT2D eigenvalue weighted by atomic mass is 9.89. The number of carbonyl (C=O) groups is 1. The second kappa shape index (κ2) is 8.43. The maximum absolute atomic E-state index is 13.3. The van der Waals surface area contributed by atoms with E-state index in [0.29, 0.717) is 31.0 Å². The molecule has 0 aliphatic carbocycles. The highest BCUT2D eigenvalue weighted by atomic mass is 35.5. The van der Waals surface area contributed by atoms with Crippen molar-refractivity contribution in [1.29, 1.82) is 0 Å². The highest BCUT2D eigenvalue weighted by Gasteiger charge is 2.36. The highest BCUT2D eigenvalue weighted by molar-refractivity contribution is 5.96. The summed E-state index contributed by atoms with van der Waals surface area (Å²) in [6, 6.07) is 14.2. The van der Waals surface area contributed by atoms with Crippen LogP contribution in [0.1, 0.15) is 39.0 Å². The number of hydrogen-bond acceptors (Lipinski definition) is 4. The number of likely N-dealkylation sites (tertiary alicyclic amines) is 1. The number of amides is 1. The molecule has 6 nitrogen and oxygen atoms in total. The van der Waals surface area contributed by atoms with Crippen LogP contribution in [0, 0.1) is 26.7 Å². The van der Waals surface area contributed by atoms with Gasteiger partial charge in [-0.1, -0.05) is 35.5 Å². The molecular formula is C22H27ClN4O2. The van der Waals surface area contributed by atoms with Crippen LogP contribution in [-0.4, -0.2) is 40.2 Å². The van der Waals surface area contributed by atoms with E-state index < -0.39 is 0 Å². The highest BCUT2D eigenvalue weighted by Crippen LogP contribution is 2.33. The van der Waals surface area contributed by atoms with Gasteiger partial charge >= 0.3 is 0 Å².